The lowest BCUT2D eigenvalue weighted by molar-refractivity contribution is -0.132. The predicted octanol–water partition coefficient (Wildman–Crippen LogP) is -0.538. The van der Waals surface area contributed by atoms with E-state index in [9.17, 15) is 9.59 Å². The van der Waals surface area contributed by atoms with Gasteiger partial charge in [0.1, 0.15) is 0 Å². The highest BCUT2D eigenvalue weighted by molar-refractivity contribution is 5.76. The van der Waals surface area contributed by atoms with E-state index in [1.54, 1.807) is 11.8 Å². The molecule has 3 N–H and O–H groups in total. The molecule has 15 heavy (non-hydrogen) atoms. The molecule has 2 amide bonds. The lowest BCUT2D eigenvalue weighted by atomic mass is 10.0. The first-order valence-corrected chi connectivity index (χ1v) is 5.37. The summed E-state index contributed by atoms with van der Waals surface area (Å²) in [6.45, 7) is 3.87. The Labute approximate surface area is 90.0 Å². The molecule has 0 unspecified atom stereocenters. The van der Waals surface area contributed by atoms with Crippen molar-refractivity contribution in [2.75, 3.05) is 19.6 Å². The van der Waals surface area contributed by atoms with Gasteiger partial charge in [-0.05, 0) is 25.9 Å². The molecule has 0 aliphatic carbocycles. The maximum Gasteiger partial charge on any atom is 0.219 e. The molecule has 86 valence electrons. The Balaban J connectivity index is 2.48. The van der Waals surface area contributed by atoms with Gasteiger partial charge in [-0.2, -0.15) is 0 Å². The molecule has 5 heteroatoms. The van der Waals surface area contributed by atoms with Gasteiger partial charge in [-0.15, -0.1) is 0 Å². The lowest BCUT2D eigenvalue weighted by Crippen LogP contribution is -2.46. The van der Waals surface area contributed by atoms with Gasteiger partial charge in [0.05, 0.1) is 0 Å². The van der Waals surface area contributed by atoms with E-state index in [1.165, 1.54) is 0 Å². The van der Waals surface area contributed by atoms with Crippen LogP contribution in [-0.2, 0) is 9.59 Å². The number of primary amides is 1. The molecule has 1 rings (SSSR count). The first-order chi connectivity index (χ1) is 7.11. The Morgan fingerprint density at radius 2 is 2.00 bits per heavy atom. The van der Waals surface area contributed by atoms with Gasteiger partial charge in [0, 0.05) is 25.9 Å². The number of carbonyl (C=O) groups is 2. The van der Waals surface area contributed by atoms with Crippen LogP contribution in [0, 0.1) is 0 Å². The number of hydrogen-bond acceptors (Lipinski definition) is 3. The quantitative estimate of drug-likeness (QED) is 0.658. The van der Waals surface area contributed by atoms with E-state index in [1.807, 2.05) is 0 Å². The molecular weight excluding hydrogens is 194 g/mol. The molecule has 0 saturated carbocycles. The molecule has 0 bridgehead atoms. The molecule has 0 aromatic carbocycles. The third-order valence-corrected chi connectivity index (χ3v) is 2.75. The standard InChI is InChI=1S/C10H19N3O2/c1-8(14)13(7-4-10(11)15)9-2-5-12-6-3-9/h9,12H,2-7H2,1H3,(H2,11,15). The Morgan fingerprint density at radius 3 is 2.47 bits per heavy atom. The third-order valence-electron chi connectivity index (χ3n) is 2.75. The second-order valence-corrected chi connectivity index (χ2v) is 3.91. The van der Waals surface area contributed by atoms with Crippen LogP contribution in [0.2, 0.25) is 0 Å². The third kappa shape index (κ3) is 3.87. The van der Waals surface area contributed by atoms with Crippen molar-refractivity contribution in [3.8, 4) is 0 Å². The molecule has 0 aromatic rings. The second-order valence-electron chi connectivity index (χ2n) is 3.91. The van der Waals surface area contributed by atoms with Crippen molar-refractivity contribution in [3.05, 3.63) is 0 Å². The fraction of sp³-hybridized carbons (Fsp3) is 0.800. The minimum absolute atomic E-state index is 0.0307. The van der Waals surface area contributed by atoms with Crippen LogP contribution in [-0.4, -0.2) is 42.4 Å². The molecule has 0 radical (unpaired) electrons. The summed E-state index contributed by atoms with van der Waals surface area (Å²) in [6.07, 6.45) is 2.17. The molecular formula is C10H19N3O2. The summed E-state index contributed by atoms with van der Waals surface area (Å²) in [5.41, 5.74) is 5.08. The SMILES string of the molecule is CC(=O)N(CCC(N)=O)C1CCNCC1. The largest absolute Gasteiger partial charge is 0.370 e. The summed E-state index contributed by atoms with van der Waals surface area (Å²) in [5.74, 6) is -0.321. The number of piperidine rings is 1. The van der Waals surface area contributed by atoms with Crippen molar-refractivity contribution in [2.45, 2.75) is 32.2 Å². The first kappa shape index (κ1) is 12.0. The minimum Gasteiger partial charge on any atom is -0.370 e. The molecule has 0 atom stereocenters. The van der Waals surface area contributed by atoms with Gasteiger partial charge in [-0.1, -0.05) is 0 Å². The maximum atomic E-state index is 11.4. The highest BCUT2D eigenvalue weighted by Gasteiger charge is 2.22. The van der Waals surface area contributed by atoms with Crippen molar-refractivity contribution in [2.24, 2.45) is 5.73 Å². The zero-order valence-corrected chi connectivity index (χ0v) is 9.16. The Hall–Kier alpha value is -1.10. The zero-order valence-electron chi connectivity index (χ0n) is 9.16. The Kier molecular flexibility index (Phi) is 4.55. The van der Waals surface area contributed by atoms with Gasteiger partial charge in [0.2, 0.25) is 11.8 Å². The van der Waals surface area contributed by atoms with E-state index in [0.29, 0.717) is 6.54 Å². The van der Waals surface area contributed by atoms with Crippen LogP contribution in [0.25, 0.3) is 0 Å². The number of hydrogen-bond donors (Lipinski definition) is 2. The van der Waals surface area contributed by atoms with E-state index < -0.39 is 0 Å². The summed E-state index contributed by atoms with van der Waals surface area (Å²) in [7, 11) is 0. The fourth-order valence-electron chi connectivity index (χ4n) is 1.95. The topological polar surface area (TPSA) is 75.4 Å². The van der Waals surface area contributed by atoms with Crippen molar-refractivity contribution in [1.82, 2.24) is 10.2 Å². The molecule has 5 nitrogen and oxygen atoms in total. The van der Waals surface area contributed by atoms with Crippen molar-refractivity contribution in [1.29, 1.82) is 0 Å². The molecule has 0 spiro atoms. The van der Waals surface area contributed by atoms with Gasteiger partial charge in [-0.3, -0.25) is 9.59 Å². The summed E-state index contributed by atoms with van der Waals surface area (Å²) in [5, 5.41) is 3.24. The van der Waals surface area contributed by atoms with Gasteiger partial charge in [0.15, 0.2) is 0 Å². The van der Waals surface area contributed by atoms with Gasteiger partial charge >= 0.3 is 0 Å². The predicted molar refractivity (Wildman–Crippen MR) is 57.1 cm³/mol. The van der Waals surface area contributed by atoms with Crippen LogP contribution in [0.4, 0.5) is 0 Å². The van der Waals surface area contributed by atoms with Crippen molar-refractivity contribution >= 4 is 11.8 Å². The van der Waals surface area contributed by atoms with Crippen LogP contribution in [0.15, 0.2) is 0 Å². The molecule has 0 aromatic heterocycles. The number of nitrogens with one attached hydrogen (secondary N) is 1. The smallest absolute Gasteiger partial charge is 0.219 e. The number of nitrogens with two attached hydrogens (primary N) is 1. The Bertz CT molecular complexity index is 237. The van der Waals surface area contributed by atoms with Crippen LogP contribution in [0.1, 0.15) is 26.2 Å². The van der Waals surface area contributed by atoms with Crippen LogP contribution >= 0.6 is 0 Å². The average molecular weight is 213 g/mol. The molecule has 1 fully saturated rings. The van der Waals surface area contributed by atoms with Crippen LogP contribution in [0.5, 0.6) is 0 Å². The summed E-state index contributed by atoms with van der Waals surface area (Å²) in [4.78, 5) is 23.9. The monoisotopic (exact) mass is 213 g/mol. The van der Waals surface area contributed by atoms with Gasteiger partial charge < -0.3 is 16.0 Å². The molecule has 1 saturated heterocycles. The number of rotatable bonds is 4. The van der Waals surface area contributed by atoms with Gasteiger partial charge in [0.25, 0.3) is 0 Å². The van der Waals surface area contributed by atoms with Crippen LogP contribution < -0.4 is 11.1 Å². The summed E-state index contributed by atoms with van der Waals surface area (Å²) < 4.78 is 0. The summed E-state index contributed by atoms with van der Waals surface area (Å²) in [6, 6.07) is 0.267. The number of carbonyl (C=O) groups excluding carboxylic acids is 2. The van der Waals surface area contributed by atoms with E-state index in [2.05, 4.69) is 5.32 Å². The molecule has 1 aliphatic heterocycles. The highest BCUT2D eigenvalue weighted by Crippen LogP contribution is 2.12. The zero-order chi connectivity index (χ0) is 11.3. The van der Waals surface area contributed by atoms with E-state index >= 15 is 0 Å². The Morgan fingerprint density at radius 1 is 1.40 bits per heavy atom. The number of amides is 2. The van der Waals surface area contributed by atoms with E-state index in [-0.39, 0.29) is 24.3 Å². The normalized spacial score (nSPS) is 17.4. The molecule has 1 heterocycles. The van der Waals surface area contributed by atoms with Gasteiger partial charge in [-0.25, -0.2) is 0 Å². The maximum absolute atomic E-state index is 11.4. The molecule has 1 aliphatic rings. The highest BCUT2D eigenvalue weighted by atomic mass is 16.2. The average Bonchev–Trinajstić information content (AvgIpc) is 2.18. The van der Waals surface area contributed by atoms with E-state index in [4.69, 9.17) is 5.73 Å². The second kappa shape index (κ2) is 5.70. The number of nitrogens with zero attached hydrogens (tertiary/aromatic N) is 1. The van der Waals surface area contributed by atoms with Crippen LogP contribution in [0.3, 0.4) is 0 Å². The lowest BCUT2D eigenvalue weighted by Gasteiger charge is -2.33. The fourth-order valence-corrected chi connectivity index (χ4v) is 1.95. The first-order valence-electron chi connectivity index (χ1n) is 5.37. The van der Waals surface area contributed by atoms with E-state index in [0.717, 1.165) is 25.9 Å². The van der Waals surface area contributed by atoms with Crippen molar-refractivity contribution in [3.63, 3.8) is 0 Å². The summed E-state index contributed by atoms with van der Waals surface area (Å²) >= 11 is 0. The van der Waals surface area contributed by atoms with Crippen molar-refractivity contribution < 1.29 is 9.59 Å². The minimum atomic E-state index is -0.352.